The lowest BCUT2D eigenvalue weighted by Crippen LogP contribution is -2.37. The predicted molar refractivity (Wildman–Crippen MR) is 358 cm³/mol. The number of carbonyl (C=O) groups excluding carboxylic acids is 2. The molecule has 0 aliphatic heterocycles. The van der Waals surface area contributed by atoms with E-state index in [1.165, 1.54) is 340 Å². The number of ether oxygens (including phenoxy) is 2. The molecule has 83 heavy (non-hydrogen) atoms. The molecule has 0 aliphatic rings. The third-order valence-corrected chi connectivity index (χ3v) is 18.4. The molecule has 0 amide bonds. The van der Waals surface area contributed by atoms with Gasteiger partial charge in [-0.3, -0.25) is 18.6 Å². The van der Waals surface area contributed by atoms with Crippen molar-refractivity contribution in [3.05, 3.63) is 0 Å². The van der Waals surface area contributed by atoms with Crippen molar-refractivity contribution in [2.45, 2.75) is 412 Å². The van der Waals surface area contributed by atoms with Gasteiger partial charge in [-0.2, -0.15) is 0 Å². The Morgan fingerprint density at radius 1 is 0.325 bits per heavy atom. The van der Waals surface area contributed by atoms with Crippen molar-refractivity contribution < 1.29 is 42.1 Å². The van der Waals surface area contributed by atoms with Crippen LogP contribution in [0.2, 0.25) is 0 Å². The Balaban J connectivity index is 3.90. The lowest BCUT2D eigenvalue weighted by Gasteiger charge is -2.24. The summed E-state index contributed by atoms with van der Waals surface area (Å²) in [6.45, 7) is 4.54. The Bertz CT molecular complexity index is 1360. The summed E-state index contributed by atoms with van der Waals surface area (Å²) in [4.78, 5) is 35.9. The first-order valence-electron chi connectivity index (χ1n) is 37.3. The van der Waals surface area contributed by atoms with Gasteiger partial charge in [-0.1, -0.05) is 380 Å². The van der Waals surface area contributed by atoms with Crippen molar-refractivity contribution >= 4 is 19.8 Å². The van der Waals surface area contributed by atoms with E-state index in [2.05, 4.69) is 13.8 Å². The number of likely N-dealkylation sites (N-methyl/N-ethyl adjacent to an activating group) is 1. The molecule has 0 saturated carbocycles. The molecule has 0 rings (SSSR count). The van der Waals surface area contributed by atoms with Gasteiger partial charge in [-0.15, -0.1) is 0 Å². The Kier molecular flexibility index (Phi) is 64.7. The summed E-state index contributed by atoms with van der Waals surface area (Å²) in [5.74, 6) is -0.767. The molecule has 0 saturated heterocycles. The van der Waals surface area contributed by atoms with Crippen molar-refractivity contribution in [2.75, 3.05) is 47.5 Å². The van der Waals surface area contributed by atoms with E-state index in [4.69, 9.17) is 18.5 Å². The molecule has 9 nitrogen and oxygen atoms in total. The highest BCUT2D eigenvalue weighted by atomic mass is 31.2. The van der Waals surface area contributed by atoms with E-state index in [0.717, 1.165) is 38.5 Å². The minimum Gasteiger partial charge on any atom is -0.462 e. The van der Waals surface area contributed by atoms with E-state index < -0.39 is 26.5 Å². The van der Waals surface area contributed by atoms with Crippen molar-refractivity contribution in [3.63, 3.8) is 0 Å². The number of unbranched alkanes of at least 4 members (excludes halogenated alkanes) is 57. The molecule has 0 bridgehead atoms. The molecule has 0 aliphatic carbocycles. The second-order valence-electron chi connectivity index (χ2n) is 27.1. The van der Waals surface area contributed by atoms with E-state index >= 15 is 0 Å². The largest absolute Gasteiger partial charge is 0.472 e. The third-order valence-electron chi connectivity index (χ3n) is 17.4. The minimum absolute atomic E-state index is 0.0377. The van der Waals surface area contributed by atoms with Crippen LogP contribution in [-0.4, -0.2) is 74.9 Å². The normalized spacial score (nSPS) is 13.0. The molecular formula is C73H147NO8P+. The van der Waals surface area contributed by atoms with Gasteiger partial charge >= 0.3 is 19.8 Å². The van der Waals surface area contributed by atoms with Gasteiger partial charge in [0, 0.05) is 12.8 Å². The quantitative estimate of drug-likeness (QED) is 0.0278. The van der Waals surface area contributed by atoms with Crippen LogP contribution in [0.25, 0.3) is 0 Å². The molecule has 0 aromatic heterocycles. The van der Waals surface area contributed by atoms with Gasteiger partial charge in [0.05, 0.1) is 27.7 Å². The summed E-state index contributed by atoms with van der Waals surface area (Å²) in [5.41, 5.74) is 0. The van der Waals surface area contributed by atoms with Crippen LogP contribution in [0.4, 0.5) is 0 Å². The predicted octanol–water partition coefficient (Wildman–Crippen LogP) is 24.1. The van der Waals surface area contributed by atoms with Gasteiger partial charge in [-0.05, 0) is 12.8 Å². The zero-order valence-electron chi connectivity index (χ0n) is 56.7. The number of quaternary nitrogens is 1. The van der Waals surface area contributed by atoms with Crippen LogP contribution in [0.5, 0.6) is 0 Å². The molecule has 0 aromatic rings. The van der Waals surface area contributed by atoms with Gasteiger partial charge in [0.2, 0.25) is 0 Å². The van der Waals surface area contributed by atoms with E-state index in [1.807, 2.05) is 21.1 Å². The zero-order chi connectivity index (χ0) is 60.5. The maximum absolute atomic E-state index is 12.9. The number of rotatable bonds is 71. The number of carbonyl (C=O) groups is 2. The second kappa shape index (κ2) is 65.5. The molecule has 496 valence electrons. The SMILES string of the molecule is CCCCCCCCCCCCCCCCCCCCCCCCCCCCCCCCCCCCCCC(=O)OC(COC(=O)CCCCCCCCCCCCCCCCCCCCCCCCC)COP(=O)(O)OCC[N+](C)(C)C. The van der Waals surface area contributed by atoms with Crippen LogP contribution < -0.4 is 0 Å². The summed E-state index contributed by atoms with van der Waals surface area (Å²) in [7, 11) is 1.51. The number of phosphoric acid groups is 1. The molecule has 10 heteroatoms. The molecule has 2 unspecified atom stereocenters. The summed E-state index contributed by atoms with van der Waals surface area (Å²) < 4.78 is 34.8. The summed E-state index contributed by atoms with van der Waals surface area (Å²) in [6.07, 6.45) is 79.5. The van der Waals surface area contributed by atoms with Crippen LogP contribution >= 0.6 is 7.82 Å². The average molecular weight is 1200 g/mol. The van der Waals surface area contributed by atoms with Gasteiger partial charge in [0.1, 0.15) is 19.8 Å². The number of esters is 2. The summed E-state index contributed by atoms with van der Waals surface area (Å²) in [6, 6.07) is 0. The topological polar surface area (TPSA) is 108 Å². The third kappa shape index (κ3) is 70.0. The Morgan fingerprint density at radius 3 is 0.771 bits per heavy atom. The molecule has 2 atom stereocenters. The van der Waals surface area contributed by atoms with Crippen LogP contribution in [0, 0.1) is 0 Å². The number of nitrogens with zero attached hydrogens (tertiary/aromatic N) is 1. The Morgan fingerprint density at radius 2 is 0.542 bits per heavy atom. The van der Waals surface area contributed by atoms with E-state index in [1.54, 1.807) is 0 Å². The first-order chi connectivity index (χ1) is 40.5. The molecule has 0 radical (unpaired) electrons. The lowest BCUT2D eigenvalue weighted by atomic mass is 10.0. The summed E-state index contributed by atoms with van der Waals surface area (Å²) >= 11 is 0. The fraction of sp³-hybridized carbons (Fsp3) is 0.973. The molecule has 0 aromatic carbocycles. The van der Waals surface area contributed by atoms with E-state index in [9.17, 15) is 19.0 Å². The van der Waals surface area contributed by atoms with Crippen molar-refractivity contribution in [1.82, 2.24) is 0 Å². The zero-order valence-corrected chi connectivity index (χ0v) is 57.6. The first kappa shape index (κ1) is 82.0. The lowest BCUT2D eigenvalue weighted by molar-refractivity contribution is -0.870. The minimum atomic E-state index is -4.38. The van der Waals surface area contributed by atoms with Gasteiger partial charge in [0.25, 0.3) is 0 Å². The highest BCUT2D eigenvalue weighted by molar-refractivity contribution is 7.47. The van der Waals surface area contributed by atoms with Gasteiger partial charge in [0.15, 0.2) is 6.10 Å². The average Bonchev–Trinajstić information content (AvgIpc) is 3.49. The van der Waals surface area contributed by atoms with E-state index in [0.29, 0.717) is 17.4 Å². The maximum Gasteiger partial charge on any atom is 0.472 e. The molecular weight excluding hydrogens is 1050 g/mol. The van der Waals surface area contributed by atoms with Crippen LogP contribution in [0.1, 0.15) is 406 Å². The molecule has 0 spiro atoms. The fourth-order valence-corrected chi connectivity index (χ4v) is 12.4. The molecule has 1 N–H and O–H groups in total. The van der Waals surface area contributed by atoms with Crippen LogP contribution in [-0.2, 0) is 32.7 Å². The van der Waals surface area contributed by atoms with Gasteiger partial charge in [-0.25, -0.2) is 4.57 Å². The van der Waals surface area contributed by atoms with E-state index in [-0.39, 0.29) is 25.6 Å². The number of hydrogen-bond donors (Lipinski definition) is 1. The van der Waals surface area contributed by atoms with Gasteiger partial charge < -0.3 is 18.9 Å². The highest BCUT2D eigenvalue weighted by Crippen LogP contribution is 2.43. The van der Waals surface area contributed by atoms with Crippen molar-refractivity contribution in [3.8, 4) is 0 Å². The smallest absolute Gasteiger partial charge is 0.462 e. The van der Waals surface area contributed by atoms with Crippen molar-refractivity contribution in [1.29, 1.82) is 0 Å². The Hall–Kier alpha value is -0.990. The van der Waals surface area contributed by atoms with Crippen LogP contribution in [0.15, 0.2) is 0 Å². The monoisotopic (exact) mass is 1200 g/mol. The highest BCUT2D eigenvalue weighted by Gasteiger charge is 2.27. The standard InChI is InChI=1S/C73H146NO8P/c1-6-8-10-12-14-16-18-20-22-24-26-28-30-31-32-33-34-35-36-37-38-39-40-41-42-44-46-48-50-52-54-56-58-60-62-64-66-73(76)82-71(70-81-83(77,78)80-68-67-74(3,4)5)69-79-72(75)65-63-61-59-57-55-53-51-49-47-45-43-29-27-25-23-21-19-17-15-13-11-9-7-2/h71H,6-70H2,1-5H3/p+1. The second-order valence-corrected chi connectivity index (χ2v) is 28.5. The maximum atomic E-state index is 12.9. The fourth-order valence-electron chi connectivity index (χ4n) is 11.7. The Labute approximate surface area is 518 Å². The first-order valence-corrected chi connectivity index (χ1v) is 38.8. The van der Waals surface area contributed by atoms with Crippen LogP contribution in [0.3, 0.4) is 0 Å². The molecule has 0 fully saturated rings. The number of hydrogen-bond acceptors (Lipinski definition) is 7. The molecule has 0 heterocycles. The number of phosphoric ester groups is 1. The van der Waals surface area contributed by atoms with Crippen molar-refractivity contribution in [2.24, 2.45) is 0 Å². The summed E-state index contributed by atoms with van der Waals surface area (Å²) in [5, 5.41) is 0.